The van der Waals surface area contributed by atoms with E-state index >= 15 is 0 Å². The SMILES string of the molecule is Cc1ccc(OC(C)C(=O)N2CCC(c3ccc(-c4ccc(C(N)=O)cc4)cn3)CC2)cc1. The Morgan fingerprint density at radius 2 is 1.61 bits per heavy atom. The van der Waals surface area contributed by atoms with Crippen LogP contribution in [0.15, 0.2) is 66.9 Å². The number of primary amides is 1. The number of aromatic nitrogens is 1. The molecule has 6 nitrogen and oxygen atoms in total. The minimum Gasteiger partial charge on any atom is -0.481 e. The Labute approximate surface area is 194 Å². The third kappa shape index (κ3) is 5.40. The summed E-state index contributed by atoms with van der Waals surface area (Å²) in [6, 6.07) is 19.1. The predicted octanol–water partition coefficient (Wildman–Crippen LogP) is 4.33. The Kier molecular flexibility index (Phi) is 6.73. The van der Waals surface area contributed by atoms with Gasteiger partial charge in [0.1, 0.15) is 5.75 Å². The summed E-state index contributed by atoms with van der Waals surface area (Å²) in [7, 11) is 0. The van der Waals surface area contributed by atoms with Gasteiger partial charge in [0.05, 0.1) is 0 Å². The number of aryl methyl sites for hydroxylation is 1. The molecule has 1 unspecified atom stereocenters. The molecule has 2 aromatic carbocycles. The summed E-state index contributed by atoms with van der Waals surface area (Å²) in [4.78, 5) is 30.7. The number of benzene rings is 2. The molecule has 170 valence electrons. The van der Waals surface area contributed by atoms with Crippen LogP contribution in [0, 0.1) is 6.92 Å². The van der Waals surface area contributed by atoms with Crippen LogP contribution in [0.5, 0.6) is 5.75 Å². The van der Waals surface area contributed by atoms with Crippen molar-refractivity contribution in [1.82, 2.24) is 9.88 Å². The number of likely N-dealkylation sites (tertiary alicyclic amines) is 1. The molecule has 0 bridgehead atoms. The first-order valence-electron chi connectivity index (χ1n) is 11.3. The first kappa shape index (κ1) is 22.5. The smallest absolute Gasteiger partial charge is 0.263 e. The maximum atomic E-state index is 12.8. The second-order valence-corrected chi connectivity index (χ2v) is 8.59. The highest BCUT2D eigenvalue weighted by atomic mass is 16.5. The van der Waals surface area contributed by atoms with Gasteiger partial charge in [-0.3, -0.25) is 14.6 Å². The van der Waals surface area contributed by atoms with Crippen LogP contribution in [0.1, 0.15) is 47.3 Å². The second-order valence-electron chi connectivity index (χ2n) is 8.59. The van der Waals surface area contributed by atoms with E-state index in [2.05, 4.69) is 17.1 Å². The van der Waals surface area contributed by atoms with Gasteiger partial charge in [0.2, 0.25) is 5.91 Å². The molecule has 1 saturated heterocycles. The van der Waals surface area contributed by atoms with Gasteiger partial charge >= 0.3 is 0 Å². The van der Waals surface area contributed by atoms with E-state index in [0.717, 1.165) is 35.2 Å². The number of ether oxygens (including phenoxy) is 1. The molecule has 0 spiro atoms. The van der Waals surface area contributed by atoms with Crippen LogP contribution >= 0.6 is 0 Å². The van der Waals surface area contributed by atoms with Crippen molar-refractivity contribution in [2.45, 2.75) is 38.7 Å². The quantitative estimate of drug-likeness (QED) is 0.614. The Bertz CT molecular complexity index is 1100. The van der Waals surface area contributed by atoms with Crippen LogP contribution in [-0.4, -0.2) is 40.9 Å². The zero-order chi connectivity index (χ0) is 23.4. The Balaban J connectivity index is 1.32. The molecule has 33 heavy (non-hydrogen) atoms. The fourth-order valence-electron chi connectivity index (χ4n) is 4.17. The Hall–Kier alpha value is -3.67. The summed E-state index contributed by atoms with van der Waals surface area (Å²) < 4.78 is 5.84. The van der Waals surface area contributed by atoms with Crippen LogP contribution in [0.3, 0.4) is 0 Å². The number of amides is 2. The van der Waals surface area contributed by atoms with E-state index < -0.39 is 12.0 Å². The van der Waals surface area contributed by atoms with Crippen LogP contribution < -0.4 is 10.5 Å². The van der Waals surface area contributed by atoms with Gasteiger partial charge in [-0.15, -0.1) is 0 Å². The molecule has 2 heterocycles. The molecule has 0 saturated carbocycles. The van der Waals surface area contributed by atoms with E-state index in [1.807, 2.05) is 61.3 Å². The van der Waals surface area contributed by atoms with Crippen molar-refractivity contribution < 1.29 is 14.3 Å². The monoisotopic (exact) mass is 443 g/mol. The second kappa shape index (κ2) is 9.86. The number of hydrogen-bond acceptors (Lipinski definition) is 4. The number of rotatable bonds is 6. The summed E-state index contributed by atoms with van der Waals surface area (Å²) in [5.41, 5.74) is 9.98. The maximum Gasteiger partial charge on any atom is 0.263 e. The van der Waals surface area contributed by atoms with E-state index in [4.69, 9.17) is 10.5 Å². The molecule has 1 atom stereocenters. The third-order valence-corrected chi connectivity index (χ3v) is 6.20. The van der Waals surface area contributed by atoms with Gasteiger partial charge < -0.3 is 15.4 Å². The normalized spacial score (nSPS) is 15.2. The number of nitrogens with zero attached hydrogens (tertiary/aromatic N) is 2. The van der Waals surface area contributed by atoms with Gasteiger partial charge in [-0.1, -0.05) is 35.9 Å². The Morgan fingerprint density at radius 1 is 0.970 bits per heavy atom. The number of hydrogen-bond donors (Lipinski definition) is 1. The molecule has 1 aliphatic rings. The number of carbonyl (C=O) groups excluding carboxylic acids is 2. The van der Waals surface area contributed by atoms with Gasteiger partial charge in [-0.05, 0) is 62.6 Å². The minimum atomic E-state index is -0.511. The average Bonchev–Trinajstić information content (AvgIpc) is 2.85. The third-order valence-electron chi connectivity index (χ3n) is 6.20. The summed E-state index contributed by atoms with van der Waals surface area (Å²) in [5.74, 6) is 0.631. The van der Waals surface area contributed by atoms with Gasteiger partial charge in [0.25, 0.3) is 5.91 Å². The predicted molar refractivity (Wildman–Crippen MR) is 128 cm³/mol. The first-order chi connectivity index (χ1) is 15.9. The fraction of sp³-hybridized carbons (Fsp3) is 0.296. The lowest BCUT2D eigenvalue weighted by Crippen LogP contribution is -2.44. The van der Waals surface area contributed by atoms with Crippen molar-refractivity contribution in [3.8, 4) is 16.9 Å². The average molecular weight is 444 g/mol. The largest absolute Gasteiger partial charge is 0.481 e. The molecule has 2 amide bonds. The zero-order valence-electron chi connectivity index (χ0n) is 19.0. The van der Waals surface area contributed by atoms with Crippen molar-refractivity contribution in [1.29, 1.82) is 0 Å². The highest BCUT2D eigenvalue weighted by Crippen LogP contribution is 2.29. The molecular formula is C27H29N3O3. The van der Waals surface area contributed by atoms with Crippen molar-refractivity contribution in [3.63, 3.8) is 0 Å². The molecule has 3 aromatic rings. The van der Waals surface area contributed by atoms with Crippen LogP contribution in [0.2, 0.25) is 0 Å². The molecule has 0 aliphatic carbocycles. The number of carbonyl (C=O) groups is 2. The van der Waals surface area contributed by atoms with Gasteiger partial charge in [-0.2, -0.15) is 0 Å². The number of piperidine rings is 1. The summed E-state index contributed by atoms with van der Waals surface area (Å²) in [5, 5.41) is 0. The fourth-order valence-corrected chi connectivity index (χ4v) is 4.17. The highest BCUT2D eigenvalue weighted by molar-refractivity contribution is 5.93. The summed E-state index contributed by atoms with van der Waals surface area (Å²) in [6.07, 6.45) is 3.11. The van der Waals surface area contributed by atoms with Gasteiger partial charge in [0, 0.05) is 42.0 Å². The molecule has 4 rings (SSSR count). The first-order valence-corrected chi connectivity index (χ1v) is 11.3. The van der Waals surface area contributed by atoms with E-state index in [1.54, 1.807) is 12.1 Å². The molecule has 0 radical (unpaired) electrons. The summed E-state index contributed by atoms with van der Waals surface area (Å²) in [6.45, 7) is 5.23. The van der Waals surface area contributed by atoms with Gasteiger partial charge in [-0.25, -0.2) is 0 Å². The molecule has 6 heteroatoms. The molecular weight excluding hydrogens is 414 g/mol. The van der Waals surface area contributed by atoms with Crippen molar-refractivity contribution in [3.05, 3.63) is 83.7 Å². The molecule has 1 aliphatic heterocycles. The van der Waals surface area contributed by atoms with Crippen LogP contribution in [0.25, 0.3) is 11.1 Å². The minimum absolute atomic E-state index is 0.0248. The standard InChI is InChI=1S/C27H29N3O3/c1-18-3-10-24(11-4-18)33-19(2)27(32)30-15-13-21(14-16-30)25-12-9-23(17-29-25)20-5-7-22(8-6-20)26(28)31/h3-12,17,19,21H,13-16H2,1-2H3,(H2,28,31). The molecule has 2 N–H and O–H groups in total. The van der Waals surface area contributed by atoms with Crippen LogP contribution in [-0.2, 0) is 4.79 Å². The van der Waals surface area contributed by atoms with Crippen molar-refractivity contribution in [2.75, 3.05) is 13.1 Å². The Morgan fingerprint density at radius 3 is 2.18 bits per heavy atom. The molecule has 1 fully saturated rings. The maximum absolute atomic E-state index is 12.8. The van der Waals surface area contributed by atoms with Gasteiger partial charge in [0.15, 0.2) is 6.10 Å². The number of pyridine rings is 1. The zero-order valence-corrected chi connectivity index (χ0v) is 19.0. The van der Waals surface area contributed by atoms with Crippen molar-refractivity contribution in [2.24, 2.45) is 5.73 Å². The van der Waals surface area contributed by atoms with E-state index in [-0.39, 0.29) is 5.91 Å². The molecule has 1 aromatic heterocycles. The van der Waals surface area contributed by atoms with E-state index in [0.29, 0.717) is 30.3 Å². The summed E-state index contributed by atoms with van der Waals surface area (Å²) >= 11 is 0. The lowest BCUT2D eigenvalue weighted by Gasteiger charge is -2.33. The number of nitrogens with two attached hydrogens (primary N) is 1. The van der Waals surface area contributed by atoms with Crippen LogP contribution in [0.4, 0.5) is 0 Å². The lowest BCUT2D eigenvalue weighted by molar-refractivity contribution is -0.139. The lowest BCUT2D eigenvalue weighted by atomic mass is 9.92. The topological polar surface area (TPSA) is 85.5 Å². The highest BCUT2D eigenvalue weighted by Gasteiger charge is 2.28. The van der Waals surface area contributed by atoms with E-state index in [9.17, 15) is 9.59 Å². The van der Waals surface area contributed by atoms with Crippen molar-refractivity contribution >= 4 is 11.8 Å². The van der Waals surface area contributed by atoms with E-state index in [1.165, 1.54) is 0 Å².